The molecule has 1 aromatic carbocycles. The lowest BCUT2D eigenvalue weighted by Crippen LogP contribution is -2.39. The van der Waals surface area contributed by atoms with Crippen LogP contribution in [0.5, 0.6) is 11.5 Å². The lowest BCUT2D eigenvalue weighted by Gasteiger charge is -2.29. The van der Waals surface area contributed by atoms with E-state index in [2.05, 4.69) is 22.1 Å². The Hall–Kier alpha value is -2.01. The maximum atomic E-state index is 5.97. The number of fused-ring (bicyclic) bond motifs is 1. The normalized spacial score (nSPS) is 17.1. The van der Waals surface area contributed by atoms with E-state index in [1.807, 2.05) is 36.7 Å². The molecule has 0 radical (unpaired) electrons. The zero-order valence-electron chi connectivity index (χ0n) is 12.3. The smallest absolute Gasteiger partial charge is 0.161 e. The van der Waals surface area contributed by atoms with Crippen molar-refractivity contribution < 1.29 is 9.47 Å². The number of hydrogen-bond acceptors (Lipinski definition) is 4. The largest absolute Gasteiger partial charge is 0.486 e. The van der Waals surface area contributed by atoms with Crippen molar-refractivity contribution in [3.05, 3.63) is 42.2 Å². The Bertz CT molecular complexity index is 556. The van der Waals surface area contributed by atoms with Crippen molar-refractivity contribution >= 4 is 0 Å². The second-order valence-electron chi connectivity index (χ2n) is 5.47. The van der Waals surface area contributed by atoms with Gasteiger partial charge in [0.1, 0.15) is 12.7 Å². The fourth-order valence-corrected chi connectivity index (χ4v) is 2.56. The Balaban J connectivity index is 1.42. The fraction of sp³-hybridized carbons (Fsp3) is 0.438. The Morgan fingerprint density at radius 2 is 2.19 bits per heavy atom. The second-order valence-corrected chi connectivity index (χ2v) is 5.47. The van der Waals surface area contributed by atoms with E-state index in [4.69, 9.17) is 9.47 Å². The van der Waals surface area contributed by atoms with Crippen LogP contribution < -0.4 is 9.47 Å². The Morgan fingerprint density at radius 1 is 1.33 bits per heavy atom. The highest BCUT2D eigenvalue weighted by Crippen LogP contribution is 2.30. The SMILES string of the molecule is CN(CCCc1cn[nH]c1)CC1COc2ccccc2O1. The number of aryl methyl sites for hydroxylation is 1. The van der Waals surface area contributed by atoms with E-state index in [1.54, 1.807) is 0 Å². The standard InChI is InChI=1S/C16H21N3O2/c1-19(8-4-5-13-9-17-18-10-13)11-14-12-20-15-6-2-3-7-16(15)21-14/h2-3,6-7,9-10,14H,4-5,8,11-12H2,1H3,(H,17,18). The molecule has 1 unspecified atom stereocenters. The van der Waals surface area contributed by atoms with Crippen molar-refractivity contribution in [1.82, 2.24) is 15.1 Å². The van der Waals surface area contributed by atoms with Gasteiger partial charge in [-0.2, -0.15) is 5.10 Å². The molecule has 21 heavy (non-hydrogen) atoms. The lowest BCUT2D eigenvalue weighted by molar-refractivity contribution is 0.0653. The van der Waals surface area contributed by atoms with E-state index in [0.717, 1.165) is 37.4 Å². The average molecular weight is 287 g/mol. The van der Waals surface area contributed by atoms with Crippen molar-refractivity contribution in [2.45, 2.75) is 18.9 Å². The molecule has 0 bridgehead atoms. The zero-order chi connectivity index (χ0) is 14.5. The van der Waals surface area contributed by atoms with E-state index < -0.39 is 0 Å². The average Bonchev–Trinajstić information content (AvgIpc) is 3.00. The molecule has 1 atom stereocenters. The lowest BCUT2D eigenvalue weighted by atomic mass is 10.2. The second kappa shape index (κ2) is 6.63. The van der Waals surface area contributed by atoms with Crippen LogP contribution in [0.3, 0.4) is 0 Å². The van der Waals surface area contributed by atoms with Crippen molar-refractivity contribution in [2.24, 2.45) is 0 Å². The Kier molecular flexibility index (Phi) is 4.40. The molecule has 1 aromatic heterocycles. The molecule has 0 aliphatic carbocycles. The summed E-state index contributed by atoms with van der Waals surface area (Å²) < 4.78 is 11.7. The van der Waals surface area contributed by atoms with Crippen molar-refractivity contribution in [3.8, 4) is 11.5 Å². The highest BCUT2D eigenvalue weighted by atomic mass is 16.6. The minimum Gasteiger partial charge on any atom is -0.486 e. The zero-order valence-corrected chi connectivity index (χ0v) is 12.3. The maximum Gasteiger partial charge on any atom is 0.161 e. The molecule has 0 saturated carbocycles. The maximum absolute atomic E-state index is 5.97. The van der Waals surface area contributed by atoms with Gasteiger partial charge in [0.25, 0.3) is 0 Å². The van der Waals surface area contributed by atoms with Gasteiger partial charge in [-0.05, 0) is 44.1 Å². The molecule has 2 heterocycles. The molecule has 0 spiro atoms. The molecule has 1 N–H and O–H groups in total. The van der Waals surface area contributed by atoms with E-state index in [1.165, 1.54) is 5.56 Å². The van der Waals surface area contributed by atoms with Crippen molar-refractivity contribution in [2.75, 3.05) is 26.7 Å². The molecule has 3 rings (SSSR count). The first-order valence-corrected chi connectivity index (χ1v) is 7.36. The van der Waals surface area contributed by atoms with Gasteiger partial charge in [-0.25, -0.2) is 0 Å². The summed E-state index contributed by atoms with van der Waals surface area (Å²) in [5.41, 5.74) is 1.26. The number of ether oxygens (including phenoxy) is 2. The van der Waals surface area contributed by atoms with Crippen LogP contribution in [0.15, 0.2) is 36.7 Å². The van der Waals surface area contributed by atoms with Gasteiger partial charge in [0.2, 0.25) is 0 Å². The summed E-state index contributed by atoms with van der Waals surface area (Å²) in [5.74, 6) is 1.69. The number of rotatable bonds is 6. The van der Waals surface area contributed by atoms with E-state index >= 15 is 0 Å². The minimum atomic E-state index is 0.0961. The van der Waals surface area contributed by atoms with Gasteiger partial charge in [0, 0.05) is 12.7 Å². The predicted molar refractivity (Wildman–Crippen MR) is 80.8 cm³/mol. The molecule has 0 fully saturated rings. The third-order valence-corrected chi connectivity index (χ3v) is 3.64. The number of likely N-dealkylation sites (N-methyl/N-ethyl adjacent to an activating group) is 1. The highest BCUT2D eigenvalue weighted by molar-refractivity contribution is 5.40. The molecular weight excluding hydrogens is 266 g/mol. The summed E-state index contributed by atoms with van der Waals surface area (Å²) in [7, 11) is 2.12. The molecule has 0 amide bonds. The predicted octanol–water partition coefficient (Wildman–Crippen LogP) is 2.11. The van der Waals surface area contributed by atoms with Crippen LogP contribution in [0.2, 0.25) is 0 Å². The van der Waals surface area contributed by atoms with E-state index in [0.29, 0.717) is 6.61 Å². The highest BCUT2D eigenvalue weighted by Gasteiger charge is 2.21. The van der Waals surface area contributed by atoms with Gasteiger partial charge in [-0.3, -0.25) is 5.10 Å². The van der Waals surface area contributed by atoms with Crippen LogP contribution in [0.4, 0.5) is 0 Å². The number of H-pyrrole nitrogens is 1. The number of para-hydroxylation sites is 2. The Morgan fingerprint density at radius 3 is 3.00 bits per heavy atom. The van der Waals surface area contributed by atoms with Crippen LogP contribution in [-0.4, -0.2) is 47.9 Å². The molecule has 5 nitrogen and oxygen atoms in total. The summed E-state index contributed by atoms with van der Waals surface area (Å²) in [6, 6.07) is 7.84. The van der Waals surface area contributed by atoms with Crippen LogP contribution in [0.25, 0.3) is 0 Å². The quantitative estimate of drug-likeness (QED) is 0.884. The molecule has 5 heteroatoms. The fourth-order valence-electron chi connectivity index (χ4n) is 2.56. The molecule has 2 aromatic rings. The van der Waals surface area contributed by atoms with Crippen LogP contribution >= 0.6 is 0 Å². The number of aromatic amines is 1. The van der Waals surface area contributed by atoms with Gasteiger partial charge < -0.3 is 14.4 Å². The first-order valence-electron chi connectivity index (χ1n) is 7.36. The molecule has 112 valence electrons. The van der Waals surface area contributed by atoms with Crippen molar-refractivity contribution in [3.63, 3.8) is 0 Å². The van der Waals surface area contributed by atoms with Crippen LogP contribution in [0, 0.1) is 0 Å². The number of nitrogens with one attached hydrogen (secondary N) is 1. The number of hydrogen-bond donors (Lipinski definition) is 1. The summed E-state index contributed by atoms with van der Waals surface area (Å²) in [5, 5.41) is 6.80. The minimum absolute atomic E-state index is 0.0961. The first kappa shape index (κ1) is 13.9. The topological polar surface area (TPSA) is 50.4 Å². The molecule has 0 saturated heterocycles. The summed E-state index contributed by atoms with van der Waals surface area (Å²) >= 11 is 0. The molecular formula is C16H21N3O2. The van der Waals surface area contributed by atoms with E-state index in [9.17, 15) is 0 Å². The van der Waals surface area contributed by atoms with Gasteiger partial charge >= 0.3 is 0 Å². The van der Waals surface area contributed by atoms with Crippen LogP contribution in [-0.2, 0) is 6.42 Å². The van der Waals surface area contributed by atoms with Crippen molar-refractivity contribution in [1.29, 1.82) is 0 Å². The van der Waals surface area contributed by atoms with Crippen LogP contribution in [0.1, 0.15) is 12.0 Å². The summed E-state index contributed by atoms with van der Waals surface area (Å²) in [4.78, 5) is 2.29. The number of benzene rings is 1. The first-order chi connectivity index (χ1) is 10.3. The monoisotopic (exact) mass is 287 g/mol. The number of aromatic nitrogens is 2. The number of nitrogens with zero attached hydrogens (tertiary/aromatic N) is 2. The third-order valence-electron chi connectivity index (χ3n) is 3.64. The van der Waals surface area contributed by atoms with E-state index in [-0.39, 0.29) is 6.10 Å². The summed E-state index contributed by atoms with van der Waals surface area (Å²) in [6.45, 7) is 2.52. The van der Waals surface area contributed by atoms with Gasteiger partial charge in [-0.1, -0.05) is 12.1 Å². The molecule has 1 aliphatic heterocycles. The summed E-state index contributed by atoms with van der Waals surface area (Å²) in [6.07, 6.45) is 6.09. The third kappa shape index (κ3) is 3.76. The van der Waals surface area contributed by atoms with Gasteiger partial charge in [-0.15, -0.1) is 0 Å². The molecule has 1 aliphatic rings. The van der Waals surface area contributed by atoms with Gasteiger partial charge in [0.05, 0.1) is 6.20 Å². The van der Waals surface area contributed by atoms with Gasteiger partial charge in [0.15, 0.2) is 11.5 Å². The Labute approximate surface area is 124 Å².